The van der Waals surface area contributed by atoms with Gasteiger partial charge in [0.25, 0.3) is 0 Å². The molecule has 4 nitrogen and oxygen atoms in total. The van der Waals surface area contributed by atoms with Crippen molar-refractivity contribution in [3.63, 3.8) is 0 Å². The molecule has 0 radical (unpaired) electrons. The van der Waals surface area contributed by atoms with Crippen LogP contribution >= 0.6 is 0 Å². The second-order valence-corrected chi connectivity index (χ2v) is 25.5. The summed E-state index contributed by atoms with van der Waals surface area (Å²) >= 11 is 0. The molecule has 0 heterocycles. The largest absolute Gasteiger partial charge is 0.507 e. The third kappa shape index (κ3) is 10.4. The summed E-state index contributed by atoms with van der Waals surface area (Å²) in [4.78, 5) is 0. The molecular weight excluding hydrogens is 1120 g/mol. The highest BCUT2D eigenvalue weighted by Gasteiger charge is 2.46. The molecule has 2 atom stereocenters. The zero-order valence-electron chi connectivity index (χ0n) is 54.0. The molecule has 0 fully saturated rings. The van der Waals surface area contributed by atoms with Crippen molar-refractivity contribution in [1.29, 1.82) is 0 Å². The summed E-state index contributed by atoms with van der Waals surface area (Å²) < 4.78 is 0. The van der Waals surface area contributed by atoms with E-state index in [9.17, 15) is 20.4 Å². The first-order valence-corrected chi connectivity index (χ1v) is 32.8. The molecule has 92 heavy (non-hydrogen) atoms. The first-order valence-electron chi connectivity index (χ1n) is 32.8. The lowest BCUT2D eigenvalue weighted by molar-refractivity contribution is 0.445. The summed E-state index contributed by atoms with van der Waals surface area (Å²) in [6.07, 6.45) is 3.11. The molecule has 12 aromatic rings. The minimum absolute atomic E-state index is 0.00257. The zero-order chi connectivity index (χ0) is 64.0. The van der Waals surface area contributed by atoms with Crippen LogP contribution in [0.2, 0.25) is 0 Å². The van der Waals surface area contributed by atoms with Crippen LogP contribution < -0.4 is 0 Å². The van der Waals surface area contributed by atoms with Gasteiger partial charge < -0.3 is 20.4 Å². The first kappa shape index (κ1) is 60.7. The van der Waals surface area contributed by atoms with E-state index in [0.29, 0.717) is 29.4 Å². The molecule has 2 unspecified atom stereocenters. The molecule has 0 bridgehead atoms. The lowest BCUT2D eigenvalue weighted by Crippen LogP contribution is -2.26. The Balaban J connectivity index is 0.000000168. The van der Waals surface area contributed by atoms with Crippen LogP contribution in [0.4, 0.5) is 0 Å². The van der Waals surface area contributed by atoms with E-state index in [1.54, 1.807) is 0 Å². The van der Waals surface area contributed by atoms with Gasteiger partial charge in [-0.1, -0.05) is 241 Å². The summed E-state index contributed by atoms with van der Waals surface area (Å²) in [5.41, 5.74) is 27.3. The van der Waals surface area contributed by atoms with Crippen LogP contribution in [0.25, 0.3) is 66.8 Å². The molecule has 4 N–H and O–H groups in total. The van der Waals surface area contributed by atoms with Crippen LogP contribution in [0.1, 0.15) is 144 Å². The fraction of sp³-hybridized carbons (Fsp3) is 0.182. The van der Waals surface area contributed by atoms with Crippen molar-refractivity contribution in [2.75, 3.05) is 0 Å². The van der Waals surface area contributed by atoms with Crippen LogP contribution in [0.5, 0.6) is 23.0 Å². The minimum atomic E-state index is -0.528. The topological polar surface area (TPSA) is 80.9 Å². The molecule has 0 saturated carbocycles. The van der Waals surface area contributed by atoms with Crippen LogP contribution in [-0.4, -0.2) is 20.4 Å². The predicted octanol–water partition coefficient (Wildman–Crippen LogP) is 22.4. The molecule has 0 spiro atoms. The predicted molar refractivity (Wildman–Crippen MR) is 382 cm³/mol. The van der Waals surface area contributed by atoms with Gasteiger partial charge in [0.1, 0.15) is 23.0 Å². The molecule has 4 heteroatoms. The Morgan fingerprint density at radius 1 is 0.326 bits per heavy atom. The molecule has 0 aliphatic heterocycles. The van der Waals surface area contributed by atoms with Gasteiger partial charge in [0.05, 0.1) is 0 Å². The quantitative estimate of drug-likeness (QED) is 0.0875. The maximum atomic E-state index is 12.0. The van der Waals surface area contributed by atoms with Crippen LogP contribution in [0.15, 0.2) is 255 Å². The van der Waals surface area contributed by atoms with E-state index in [4.69, 9.17) is 0 Å². The summed E-state index contributed by atoms with van der Waals surface area (Å²) in [5, 5.41) is 46.6. The fourth-order valence-corrected chi connectivity index (χ4v) is 15.4. The van der Waals surface area contributed by atoms with E-state index in [-0.39, 0.29) is 11.8 Å². The fourth-order valence-electron chi connectivity index (χ4n) is 15.4. The number of fused-ring (bicyclic) bond motifs is 6. The van der Waals surface area contributed by atoms with Crippen LogP contribution in [0, 0.1) is 13.8 Å². The van der Waals surface area contributed by atoms with Gasteiger partial charge in [0.15, 0.2) is 0 Å². The average Bonchev–Trinajstić information content (AvgIpc) is 1.05. The third-order valence-corrected chi connectivity index (χ3v) is 20.5. The van der Waals surface area contributed by atoms with E-state index >= 15 is 0 Å². The maximum absolute atomic E-state index is 12.0. The SMILES string of the molecule is CCc1cc(-c2cc(C)c(O)c(C(C)c3ccc(-c4ccccc4)cc3)c2)cc(C(CC)c2ccc(-c3ccccc3)cc2)c1O.CCc1cc(-c2cc(C)c(O)c(C3(C)c4ccccc4-c4ccccc43)c2)cc(C2(CC)c3ccccc3-c3ccccc32)c1O. The van der Waals surface area contributed by atoms with E-state index in [0.717, 1.165) is 91.6 Å². The second kappa shape index (κ2) is 24.9. The smallest absolute Gasteiger partial charge is 0.123 e. The van der Waals surface area contributed by atoms with Gasteiger partial charge >= 0.3 is 0 Å². The Morgan fingerprint density at radius 2 is 0.707 bits per heavy atom. The van der Waals surface area contributed by atoms with Gasteiger partial charge in [-0.05, 0) is 217 Å². The van der Waals surface area contributed by atoms with Crippen molar-refractivity contribution >= 4 is 0 Å². The van der Waals surface area contributed by atoms with E-state index in [1.807, 2.05) is 26.0 Å². The first-order chi connectivity index (χ1) is 44.7. The summed E-state index contributed by atoms with van der Waals surface area (Å²) in [7, 11) is 0. The van der Waals surface area contributed by atoms with Gasteiger partial charge in [0.2, 0.25) is 0 Å². The van der Waals surface area contributed by atoms with Gasteiger partial charge in [-0.2, -0.15) is 0 Å². The van der Waals surface area contributed by atoms with Crippen molar-refractivity contribution in [3.8, 4) is 89.8 Å². The zero-order valence-corrected chi connectivity index (χ0v) is 54.0. The number of benzene rings is 12. The maximum Gasteiger partial charge on any atom is 0.123 e. The Kier molecular flexibility index (Phi) is 16.4. The molecule has 456 valence electrons. The minimum Gasteiger partial charge on any atom is -0.507 e. The van der Waals surface area contributed by atoms with Crippen LogP contribution in [-0.2, 0) is 23.7 Å². The Hall–Kier alpha value is -10.2. The standard InChI is InChI=1S/C44H38O2.C44H42O2/c1-5-28-24-30(26-40(42(28)46)44(6-2)37-21-13-9-17-33(37)34-18-10-14-22-38(34)44)29-23-27(3)41(45)39(25-29)43(4)35-19-11-7-15-31(35)32-16-8-12-20-36(32)43;1-5-31-26-39(28-42(44(31)46)40(6-2)37-23-21-36(22-24-37)34-15-11-8-12-16-34)38-25-29(3)43(45)41(27-38)30(4)32-17-19-35(20-18-32)33-13-9-7-10-14-33/h7-26,45-46H,5-6H2,1-4H3;7-28,30,40,45-46H,5-6H2,1-4H3. The molecule has 0 saturated heterocycles. The highest BCUT2D eigenvalue weighted by molar-refractivity contribution is 5.87. The van der Waals surface area contributed by atoms with Gasteiger partial charge in [-0.3, -0.25) is 0 Å². The average molecular weight is 1200 g/mol. The monoisotopic (exact) mass is 1200 g/mol. The Morgan fingerprint density at radius 3 is 1.20 bits per heavy atom. The highest BCUT2D eigenvalue weighted by Crippen LogP contribution is 2.59. The molecule has 2 aliphatic rings. The number of aromatic hydroxyl groups is 4. The van der Waals surface area contributed by atoms with Gasteiger partial charge in [-0.15, -0.1) is 0 Å². The molecule has 2 aliphatic carbocycles. The number of phenols is 4. The Labute approximate surface area is 543 Å². The highest BCUT2D eigenvalue weighted by atomic mass is 16.3. The van der Waals surface area contributed by atoms with Crippen LogP contribution in [0.3, 0.4) is 0 Å². The summed E-state index contributed by atoms with van der Waals surface area (Å²) in [5.74, 6) is 1.47. The van der Waals surface area contributed by atoms with Gasteiger partial charge in [0, 0.05) is 44.9 Å². The number of aryl methyl sites for hydroxylation is 4. The van der Waals surface area contributed by atoms with E-state index < -0.39 is 10.8 Å². The molecular formula is C88H80O4. The number of phenolic OH excluding ortho intramolecular Hbond substituents is 4. The molecule has 0 aromatic heterocycles. The van der Waals surface area contributed by atoms with Crippen molar-refractivity contribution < 1.29 is 20.4 Å². The van der Waals surface area contributed by atoms with E-state index in [2.05, 4.69) is 284 Å². The number of hydrogen-bond donors (Lipinski definition) is 4. The molecule has 14 rings (SSSR count). The van der Waals surface area contributed by atoms with Crippen molar-refractivity contribution in [2.24, 2.45) is 0 Å². The van der Waals surface area contributed by atoms with Crippen molar-refractivity contribution in [2.45, 2.75) is 104 Å². The number of hydrogen-bond acceptors (Lipinski definition) is 4. The lowest BCUT2D eigenvalue weighted by atomic mass is 9.69. The molecule has 0 amide bonds. The van der Waals surface area contributed by atoms with Gasteiger partial charge in [-0.25, -0.2) is 0 Å². The summed E-state index contributed by atoms with van der Waals surface area (Å²) in [6, 6.07) is 89.8. The molecule has 12 aromatic carbocycles. The third-order valence-electron chi connectivity index (χ3n) is 20.5. The van der Waals surface area contributed by atoms with Crippen molar-refractivity contribution in [1.82, 2.24) is 0 Å². The van der Waals surface area contributed by atoms with Crippen molar-refractivity contribution in [3.05, 3.63) is 333 Å². The lowest BCUT2D eigenvalue weighted by Gasteiger charge is -2.34. The second-order valence-electron chi connectivity index (χ2n) is 25.5. The Bertz CT molecular complexity index is 4620. The summed E-state index contributed by atoms with van der Waals surface area (Å²) in [6.45, 7) is 17.0. The van der Waals surface area contributed by atoms with E-state index in [1.165, 1.54) is 72.3 Å². The number of rotatable bonds is 14. The normalized spacial score (nSPS) is 13.7.